The van der Waals surface area contributed by atoms with Crippen molar-refractivity contribution in [3.63, 3.8) is 0 Å². The summed E-state index contributed by atoms with van der Waals surface area (Å²) in [5.74, 6) is 0. The maximum absolute atomic E-state index is 5.88. The lowest BCUT2D eigenvalue weighted by atomic mass is 9.99. The Labute approximate surface area is 89.1 Å². The first-order chi connectivity index (χ1) is 7.29. The molecule has 0 unspecified atom stereocenters. The number of nitrogen functional groups attached to an aromatic ring is 1. The molecule has 0 saturated heterocycles. The smallest absolute Gasteiger partial charge is 0.0393 e. The van der Waals surface area contributed by atoms with E-state index < -0.39 is 0 Å². The van der Waals surface area contributed by atoms with E-state index in [9.17, 15) is 0 Å². The van der Waals surface area contributed by atoms with E-state index in [-0.39, 0.29) is 0 Å². The van der Waals surface area contributed by atoms with Crippen LogP contribution >= 0.6 is 0 Å². The summed E-state index contributed by atoms with van der Waals surface area (Å²) in [6.45, 7) is 4.05. The SMILES string of the molecule is C=C(c1ccncc1)c1ccccc1N. The van der Waals surface area contributed by atoms with Crippen molar-refractivity contribution in [2.45, 2.75) is 0 Å². The summed E-state index contributed by atoms with van der Waals surface area (Å²) in [5.41, 5.74) is 9.58. The van der Waals surface area contributed by atoms with Crippen LogP contribution < -0.4 is 5.73 Å². The van der Waals surface area contributed by atoms with Crippen LogP contribution in [-0.2, 0) is 0 Å². The van der Waals surface area contributed by atoms with Gasteiger partial charge < -0.3 is 5.73 Å². The highest BCUT2D eigenvalue weighted by atomic mass is 14.6. The lowest BCUT2D eigenvalue weighted by molar-refractivity contribution is 1.32. The van der Waals surface area contributed by atoms with Gasteiger partial charge in [-0.05, 0) is 29.3 Å². The van der Waals surface area contributed by atoms with Crippen molar-refractivity contribution in [2.24, 2.45) is 0 Å². The molecule has 2 rings (SSSR count). The summed E-state index contributed by atoms with van der Waals surface area (Å²) in [6.07, 6.45) is 3.50. The topological polar surface area (TPSA) is 38.9 Å². The first-order valence-electron chi connectivity index (χ1n) is 4.73. The van der Waals surface area contributed by atoms with Gasteiger partial charge in [-0.3, -0.25) is 4.98 Å². The fourth-order valence-electron chi connectivity index (χ4n) is 1.48. The molecule has 0 bridgehead atoms. The number of anilines is 1. The van der Waals surface area contributed by atoms with Crippen LogP contribution in [0.4, 0.5) is 5.69 Å². The second kappa shape index (κ2) is 3.96. The summed E-state index contributed by atoms with van der Waals surface area (Å²) in [7, 11) is 0. The van der Waals surface area contributed by atoms with Gasteiger partial charge in [0.25, 0.3) is 0 Å². The van der Waals surface area contributed by atoms with Gasteiger partial charge in [-0.15, -0.1) is 0 Å². The van der Waals surface area contributed by atoms with E-state index in [0.717, 1.165) is 22.4 Å². The number of hydrogen-bond donors (Lipinski definition) is 1. The largest absolute Gasteiger partial charge is 0.398 e. The standard InChI is InChI=1S/C13H12N2/c1-10(11-6-8-15-9-7-11)12-4-2-3-5-13(12)14/h2-9H,1,14H2. The fraction of sp³-hybridized carbons (Fsp3) is 0. The minimum absolute atomic E-state index is 0.749. The minimum atomic E-state index is 0.749. The Morgan fingerprint density at radius 1 is 1.07 bits per heavy atom. The predicted molar refractivity (Wildman–Crippen MR) is 63.2 cm³/mol. The molecule has 0 aliphatic rings. The number of para-hydroxylation sites is 1. The second-order valence-corrected chi connectivity index (χ2v) is 3.30. The van der Waals surface area contributed by atoms with Gasteiger partial charge in [-0.25, -0.2) is 0 Å². The lowest BCUT2D eigenvalue weighted by Crippen LogP contribution is -1.93. The van der Waals surface area contributed by atoms with Gasteiger partial charge in [-0.1, -0.05) is 24.8 Å². The first-order valence-corrected chi connectivity index (χ1v) is 4.73. The number of benzene rings is 1. The van der Waals surface area contributed by atoms with Crippen LogP contribution in [0, 0.1) is 0 Å². The van der Waals surface area contributed by atoms with E-state index >= 15 is 0 Å². The van der Waals surface area contributed by atoms with Crippen LogP contribution in [0.1, 0.15) is 11.1 Å². The molecule has 15 heavy (non-hydrogen) atoms. The zero-order valence-electron chi connectivity index (χ0n) is 8.35. The highest BCUT2D eigenvalue weighted by molar-refractivity contribution is 5.83. The summed E-state index contributed by atoms with van der Waals surface area (Å²) >= 11 is 0. The van der Waals surface area contributed by atoms with Gasteiger partial charge >= 0.3 is 0 Å². The van der Waals surface area contributed by atoms with Crippen molar-refractivity contribution in [1.29, 1.82) is 0 Å². The molecular weight excluding hydrogens is 184 g/mol. The lowest BCUT2D eigenvalue weighted by Gasteiger charge is -2.08. The molecular formula is C13H12N2. The van der Waals surface area contributed by atoms with Crippen LogP contribution in [0.2, 0.25) is 0 Å². The van der Waals surface area contributed by atoms with E-state index in [1.165, 1.54) is 0 Å². The Kier molecular flexibility index (Phi) is 2.50. The van der Waals surface area contributed by atoms with Crippen LogP contribution in [0.5, 0.6) is 0 Å². The van der Waals surface area contributed by atoms with Crippen molar-refractivity contribution < 1.29 is 0 Å². The quantitative estimate of drug-likeness (QED) is 0.750. The number of nitrogens with two attached hydrogens (primary N) is 1. The number of hydrogen-bond acceptors (Lipinski definition) is 2. The Hall–Kier alpha value is -2.09. The first kappa shape index (κ1) is 9.46. The van der Waals surface area contributed by atoms with Gasteiger partial charge in [0.1, 0.15) is 0 Å². The van der Waals surface area contributed by atoms with Crippen molar-refractivity contribution >= 4 is 11.3 Å². The molecule has 0 atom stereocenters. The van der Waals surface area contributed by atoms with Gasteiger partial charge in [-0.2, -0.15) is 0 Å². The summed E-state index contributed by atoms with van der Waals surface area (Å²) in [5, 5.41) is 0. The van der Waals surface area contributed by atoms with Gasteiger partial charge in [0, 0.05) is 23.6 Å². The summed E-state index contributed by atoms with van der Waals surface area (Å²) < 4.78 is 0. The van der Waals surface area contributed by atoms with Crippen molar-refractivity contribution in [3.8, 4) is 0 Å². The molecule has 1 heterocycles. The van der Waals surface area contributed by atoms with E-state index in [4.69, 9.17) is 5.73 Å². The van der Waals surface area contributed by atoms with Crippen LogP contribution in [0.25, 0.3) is 5.57 Å². The van der Waals surface area contributed by atoms with Crippen molar-refractivity contribution in [2.75, 3.05) is 5.73 Å². The Bertz CT molecular complexity index is 475. The molecule has 0 radical (unpaired) electrons. The minimum Gasteiger partial charge on any atom is -0.398 e. The fourth-order valence-corrected chi connectivity index (χ4v) is 1.48. The predicted octanol–water partition coefficient (Wildman–Crippen LogP) is 2.73. The Morgan fingerprint density at radius 2 is 1.73 bits per heavy atom. The molecule has 2 heteroatoms. The maximum Gasteiger partial charge on any atom is 0.0393 e. The molecule has 0 spiro atoms. The van der Waals surface area contributed by atoms with Gasteiger partial charge in [0.2, 0.25) is 0 Å². The molecule has 0 fully saturated rings. The third-order valence-corrected chi connectivity index (χ3v) is 2.31. The molecule has 2 N–H and O–H groups in total. The summed E-state index contributed by atoms with van der Waals surface area (Å²) in [4.78, 5) is 3.97. The maximum atomic E-state index is 5.88. The third kappa shape index (κ3) is 1.89. The number of nitrogens with zero attached hydrogens (tertiary/aromatic N) is 1. The second-order valence-electron chi connectivity index (χ2n) is 3.30. The number of aromatic nitrogens is 1. The van der Waals surface area contributed by atoms with E-state index in [2.05, 4.69) is 11.6 Å². The summed E-state index contributed by atoms with van der Waals surface area (Å²) in [6, 6.07) is 11.6. The highest BCUT2D eigenvalue weighted by Crippen LogP contribution is 2.25. The van der Waals surface area contributed by atoms with Crippen LogP contribution in [-0.4, -0.2) is 4.98 Å². The van der Waals surface area contributed by atoms with Gasteiger partial charge in [0.15, 0.2) is 0 Å². The molecule has 0 aliphatic carbocycles. The van der Waals surface area contributed by atoms with Crippen LogP contribution in [0.3, 0.4) is 0 Å². The normalized spacial score (nSPS) is 9.87. The van der Waals surface area contributed by atoms with Crippen molar-refractivity contribution in [3.05, 3.63) is 66.5 Å². The monoisotopic (exact) mass is 196 g/mol. The molecule has 0 saturated carbocycles. The Balaban J connectivity index is 2.42. The molecule has 1 aromatic heterocycles. The zero-order chi connectivity index (χ0) is 10.7. The van der Waals surface area contributed by atoms with E-state index in [0.29, 0.717) is 0 Å². The molecule has 74 valence electrons. The molecule has 0 aliphatic heterocycles. The molecule has 2 nitrogen and oxygen atoms in total. The van der Waals surface area contributed by atoms with Crippen LogP contribution in [0.15, 0.2) is 55.4 Å². The van der Waals surface area contributed by atoms with E-state index in [1.54, 1.807) is 12.4 Å². The van der Waals surface area contributed by atoms with E-state index in [1.807, 2.05) is 36.4 Å². The molecule has 1 aromatic carbocycles. The molecule has 0 amide bonds. The Morgan fingerprint density at radius 3 is 2.40 bits per heavy atom. The third-order valence-electron chi connectivity index (χ3n) is 2.31. The molecule has 2 aromatic rings. The van der Waals surface area contributed by atoms with Crippen molar-refractivity contribution in [1.82, 2.24) is 4.98 Å². The average molecular weight is 196 g/mol. The highest BCUT2D eigenvalue weighted by Gasteiger charge is 2.04. The number of rotatable bonds is 2. The number of pyridine rings is 1. The zero-order valence-corrected chi connectivity index (χ0v) is 8.35. The van der Waals surface area contributed by atoms with Gasteiger partial charge in [0.05, 0.1) is 0 Å². The average Bonchev–Trinajstić information content (AvgIpc) is 2.30.